The van der Waals surface area contributed by atoms with E-state index in [9.17, 15) is 18.0 Å². The molecule has 6 nitrogen and oxygen atoms in total. The third-order valence-corrected chi connectivity index (χ3v) is 7.37. The molecule has 0 bridgehead atoms. The number of benzene rings is 1. The van der Waals surface area contributed by atoms with Crippen molar-refractivity contribution in [3.05, 3.63) is 57.1 Å². The summed E-state index contributed by atoms with van der Waals surface area (Å²) in [6.07, 6.45) is 0.113. The van der Waals surface area contributed by atoms with Gasteiger partial charge in [0, 0.05) is 36.6 Å². The number of aryl methyl sites for hydroxylation is 2. The number of rotatable bonds is 4. The Kier molecular flexibility index (Phi) is 5.96. The summed E-state index contributed by atoms with van der Waals surface area (Å²) in [4.78, 5) is 23.4. The van der Waals surface area contributed by atoms with E-state index in [1.54, 1.807) is 11.3 Å². The monoisotopic (exact) mass is 476 g/mol. The topological polar surface area (TPSA) is 62.5 Å². The Morgan fingerprint density at radius 1 is 1.09 bits per heavy atom. The number of halogens is 3. The lowest BCUT2D eigenvalue weighted by Gasteiger charge is -2.33. The highest BCUT2D eigenvalue weighted by molar-refractivity contribution is 7.14. The zero-order valence-corrected chi connectivity index (χ0v) is 18.7. The maximum atomic E-state index is 13.0. The normalized spacial score (nSPS) is 17.2. The second-order valence-corrected chi connectivity index (χ2v) is 9.56. The molecule has 1 saturated heterocycles. The zero-order chi connectivity index (χ0) is 23.0. The molecule has 10 heteroatoms. The molecule has 0 spiro atoms. The summed E-state index contributed by atoms with van der Waals surface area (Å²) in [6.45, 7) is 2.93. The van der Waals surface area contributed by atoms with Gasteiger partial charge in [-0.25, -0.2) is 0 Å². The maximum absolute atomic E-state index is 13.0. The van der Waals surface area contributed by atoms with Crippen molar-refractivity contribution in [2.75, 3.05) is 26.2 Å². The summed E-state index contributed by atoms with van der Waals surface area (Å²) in [5.74, 6) is 0.568. The Morgan fingerprint density at radius 3 is 2.64 bits per heavy atom. The average Bonchev–Trinajstić information content (AvgIpc) is 3.46. The molecular formula is C23H23F3N4O2S. The van der Waals surface area contributed by atoms with E-state index >= 15 is 0 Å². The van der Waals surface area contributed by atoms with E-state index in [-0.39, 0.29) is 17.3 Å². The van der Waals surface area contributed by atoms with Crippen LogP contribution in [0.3, 0.4) is 0 Å². The van der Waals surface area contributed by atoms with Gasteiger partial charge in [-0.1, -0.05) is 17.3 Å². The molecule has 3 heterocycles. The molecule has 2 aliphatic rings. The molecule has 1 aromatic carbocycles. The molecular weight excluding hydrogens is 453 g/mol. The van der Waals surface area contributed by atoms with Crippen molar-refractivity contribution in [1.29, 1.82) is 0 Å². The lowest BCUT2D eigenvalue weighted by molar-refractivity contribution is -0.137. The van der Waals surface area contributed by atoms with Gasteiger partial charge in [0.25, 0.3) is 5.91 Å². The third kappa shape index (κ3) is 4.81. The van der Waals surface area contributed by atoms with E-state index in [1.165, 1.54) is 35.4 Å². The van der Waals surface area contributed by atoms with Gasteiger partial charge in [0.15, 0.2) is 0 Å². The second kappa shape index (κ2) is 8.90. The van der Waals surface area contributed by atoms with Crippen LogP contribution in [0, 0.1) is 0 Å². The van der Waals surface area contributed by atoms with Crippen LogP contribution >= 0.6 is 11.3 Å². The van der Waals surface area contributed by atoms with Crippen molar-refractivity contribution in [3.8, 4) is 11.4 Å². The first-order valence-corrected chi connectivity index (χ1v) is 11.8. The average molecular weight is 477 g/mol. The molecule has 174 valence electrons. The van der Waals surface area contributed by atoms with Crippen molar-refractivity contribution < 1.29 is 22.5 Å². The lowest BCUT2D eigenvalue weighted by atomic mass is 9.99. The number of aromatic nitrogens is 2. The number of amides is 1. The summed E-state index contributed by atoms with van der Waals surface area (Å²) in [5, 5.41) is 3.85. The second-order valence-electron chi connectivity index (χ2n) is 8.42. The summed E-state index contributed by atoms with van der Waals surface area (Å²) >= 11 is 1.64. The van der Waals surface area contributed by atoms with E-state index in [4.69, 9.17) is 4.52 Å². The minimum absolute atomic E-state index is 0.0960. The van der Waals surface area contributed by atoms with Gasteiger partial charge in [0.05, 0.1) is 17.0 Å². The number of fused-ring (bicyclic) bond motifs is 1. The molecule has 1 aliphatic heterocycles. The summed E-state index contributed by atoms with van der Waals surface area (Å²) in [7, 11) is 0. The van der Waals surface area contributed by atoms with Crippen LogP contribution in [-0.2, 0) is 25.6 Å². The van der Waals surface area contributed by atoms with Crippen molar-refractivity contribution in [2.24, 2.45) is 0 Å². The Hall–Kier alpha value is -2.72. The number of piperazine rings is 1. The van der Waals surface area contributed by atoms with E-state index in [0.29, 0.717) is 38.6 Å². The van der Waals surface area contributed by atoms with Gasteiger partial charge in [0.2, 0.25) is 11.7 Å². The first-order chi connectivity index (χ1) is 15.9. The van der Waals surface area contributed by atoms with Crippen LogP contribution in [-0.4, -0.2) is 52.0 Å². The minimum Gasteiger partial charge on any atom is -0.338 e. The van der Waals surface area contributed by atoms with Gasteiger partial charge in [0.1, 0.15) is 0 Å². The Bertz CT molecular complexity index is 1130. The maximum Gasteiger partial charge on any atom is 0.416 e. The Balaban J connectivity index is 1.18. The highest BCUT2D eigenvalue weighted by Gasteiger charge is 2.31. The molecule has 2 aromatic heterocycles. The standard InChI is InChI=1S/C23H23F3N4O2S/c24-23(25,26)17-6-3-5-16(12-17)21-27-20(32-28-21)14-29-8-10-30(11-9-29)22(31)19-13-15-4-1-2-7-18(15)33-19/h3,5-6,12-13H,1-2,4,7-11,14H2. The van der Waals surface area contributed by atoms with Gasteiger partial charge >= 0.3 is 6.18 Å². The fourth-order valence-corrected chi connectivity index (χ4v) is 5.54. The molecule has 0 atom stereocenters. The highest BCUT2D eigenvalue weighted by Crippen LogP contribution is 2.32. The first kappa shape index (κ1) is 22.1. The summed E-state index contributed by atoms with van der Waals surface area (Å²) in [5.41, 5.74) is 0.842. The van der Waals surface area contributed by atoms with Crippen LogP contribution in [0.1, 0.15) is 44.4 Å². The van der Waals surface area contributed by atoms with Crippen LogP contribution in [0.15, 0.2) is 34.9 Å². The number of hydrogen-bond acceptors (Lipinski definition) is 6. The molecule has 0 radical (unpaired) electrons. The first-order valence-electron chi connectivity index (χ1n) is 11.0. The predicted octanol–water partition coefficient (Wildman–Crippen LogP) is 4.65. The Labute approximate surface area is 193 Å². The van der Waals surface area contributed by atoms with Gasteiger partial charge < -0.3 is 9.42 Å². The molecule has 0 unspecified atom stereocenters. The van der Waals surface area contributed by atoms with Crippen LogP contribution < -0.4 is 0 Å². The van der Waals surface area contributed by atoms with Crippen molar-refractivity contribution in [3.63, 3.8) is 0 Å². The van der Waals surface area contributed by atoms with Gasteiger partial charge in [-0.15, -0.1) is 11.3 Å². The zero-order valence-electron chi connectivity index (χ0n) is 17.9. The van der Waals surface area contributed by atoms with E-state index in [0.717, 1.165) is 29.9 Å². The molecule has 1 amide bonds. The van der Waals surface area contributed by atoms with E-state index in [2.05, 4.69) is 21.1 Å². The van der Waals surface area contributed by atoms with Crippen molar-refractivity contribution in [2.45, 2.75) is 38.4 Å². The minimum atomic E-state index is -4.43. The molecule has 1 fully saturated rings. The number of carbonyl (C=O) groups excluding carboxylic acids is 1. The van der Waals surface area contributed by atoms with Crippen LogP contribution in [0.4, 0.5) is 13.2 Å². The lowest BCUT2D eigenvalue weighted by Crippen LogP contribution is -2.48. The largest absolute Gasteiger partial charge is 0.416 e. The quantitative estimate of drug-likeness (QED) is 0.549. The number of thiophene rings is 1. The third-order valence-electron chi connectivity index (χ3n) is 6.14. The number of hydrogen-bond donors (Lipinski definition) is 0. The summed E-state index contributed by atoms with van der Waals surface area (Å²) in [6, 6.07) is 6.95. The number of carbonyl (C=O) groups is 1. The SMILES string of the molecule is O=C(c1cc2c(s1)CCCC2)N1CCN(Cc2nc(-c3cccc(C(F)(F)F)c3)no2)CC1. The Morgan fingerprint density at radius 2 is 1.88 bits per heavy atom. The van der Waals surface area contributed by atoms with E-state index in [1.807, 2.05) is 4.90 Å². The van der Waals surface area contributed by atoms with Crippen LogP contribution in [0.5, 0.6) is 0 Å². The fourth-order valence-electron chi connectivity index (χ4n) is 4.32. The molecule has 5 rings (SSSR count). The van der Waals surface area contributed by atoms with Crippen molar-refractivity contribution >= 4 is 17.2 Å². The van der Waals surface area contributed by atoms with Crippen LogP contribution in [0.2, 0.25) is 0 Å². The molecule has 33 heavy (non-hydrogen) atoms. The van der Waals surface area contributed by atoms with Crippen LogP contribution in [0.25, 0.3) is 11.4 Å². The molecule has 3 aromatic rings. The highest BCUT2D eigenvalue weighted by atomic mass is 32.1. The van der Waals surface area contributed by atoms with Gasteiger partial charge in [-0.3, -0.25) is 9.69 Å². The predicted molar refractivity (Wildman–Crippen MR) is 117 cm³/mol. The van der Waals surface area contributed by atoms with Gasteiger partial charge in [-0.05, 0) is 49.4 Å². The molecule has 0 N–H and O–H groups in total. The number of alkyl halides is 3. The molecule has 1 aliphatic carbocycles. The summed E-state index contributed by atoms with van der Waals surface area (Å²) < 4.78 is 44.1. The van der Waals surface area contributed by atoms with Gasteiger partial charge in [-0.2, -0.15) is 18.2 Å². The van der Waals surface area contributed by atoms with Crippen molar-refractivity contribution in [1.82, 2.24) is 19.9 Å². The fraction of sp³-hybridized carbons (Fsp3) is 0.435. The smallest absolute Gasteiger partial charge is 0.338 e. The van der Waals surface area contributed by atoms with E-state index < -0.39 is 11.7 Å². The number of nitrogens with zero attached hydrogens (tertiary/aromatic N) is 4. The molecule has 0 saturated carbocycles.